The summed E-state index contributed by atoms with van der Waals surface area (Å²) in [5.41, 5.74) is -0.0590. The third-order valence-corrected chi connectivity index (χ3v) is 8.43. The molecule has 0 rings (SSSR count). The number of rotatable bonds is 34. The van der Waals surface area contributed by atoms with Gasteiger partial charge in [-0.25, -0.2) is 9.59 Å². The van der Waals surface area contributed by atoms with Crippen LogP contribution >= 0.6 is 0 Å². The first-order valence-electron chi connectivity index (χ1n) is 18.9. The molecule has 0 spiro atoms. The minimum Gasteiger partial charge on any atom is -0.463 e. The highest BCUT2D eigenvalue weighted by Gasteiger charge is 2.17. The lowest BCUT2D eigenvalue weighted by atomic mass is 10.0. The van der Waals surface area contributed by atoms with E-state index in [4.69, 9.17) is 9.47 Å². The van der Waals surface area contributed by atoms with Crippen molar-refractivity contribution in [2.75, 3.05) is 13.2 Å². The van der Waals surface area contributed by atoms with Crippen LogP contribution in [-0.2, 0) is 19.1 Å². The van der Waals surface area contributed by atoms with Crippen LogP contribution in [-0.4, -0.2) is 41.7 Å². The van der Waals surface area contributed by atoms with Gasteiger partial charge in [0.15, 0.2) is 6.29 Å². The molecule has 0 fully saturated rings. The lowest BCUT2D eigenvalue weighted by molar-refractivity contribution is -0.142. The average Bonchev–Trinajstić information content (AvgIpc) is 3.00. The maximum absolute atomic E-state index is 12.4. The Morgan fingerprint density at radius 3 is 1.09 bits per heavy atom. The molecule has 0 aromatic heterocycles. The van der Waals surface area contributed by atoms with Crippen molar-refractivity contribution in [2.45, 2.75) is 206 Å². The molecule has 0 bridgehead atoms. The molecule has 0 aliphatic carbocycles. The number of hydrogen-bond donors (Lipinski definition) is 2. The number of unbranched alkanes of at least 4 members (excludes halogenated alkanes) is 26. The van der Waals surface area contributed by atoms with E-state index >= 15 is 0 Å². The molecule has 0 saturated carbocycles. The fraction of sp³-hybridized carbons (Fsp3) is 0.895. The van der Waals surface area contributed by atoms with E-state index in [1.165, 1.54) is 141 Å². The van der Waals surface area contributed by atoms with Gasteiger partial charge < -0.3 is 19.7 Å². The summed E-state index contributed by atoms with van der Waals surface area (Å²) in [5, 5.41) is 18.7. The fourth-order valence-corrected chi connectivity index (χ4v) is 5.61. The van der Waals surface area contributed by atoms with Crippen LogP contribution in [0.25, 0.3) is 0 Å². The monoisotopic (exact) mass is 625 g/mol. The van der Waals surface area contributed by atoms with E-state index in [1.807, 2.05) is 0 Å². The second-order valence-corrected chi connectivity index (χ2v) is 12.9. The molecule has 0 radical (unpaired) electrons. The summed E-state index contributed by atoms with van der Waals surface area (Å²) < 4.78 is 10.6. The summed E-state index contributed by atoms with van der Waals surface area (Å²) in [5.74, 6) is -1.31. The van der Waals surface area contributed by atoms with Gasteiger partial charge in [0.05, 0.1) is 13.2 Å². The van der Waals surface area contributed by atoms with Crippen LogP contribution in [0.2, 0.25) is 0 Å². The van der Waals surface area contributed by atoms with E-state index in [2.05, 4.69) is 13.8 Å². The highest BCUT2D eigenvalue weighted by Crippen LogP contribution is 2.15. The van der Waals surface area contributed by atoms with Gasteiger partial charge in [-0.3, -0.25) is 0 Å². The smallest absolute Gasteiger partial charge is 0.334 e. The fourth-order valence-electron chi connectivity index (χ4n) is 5.61. The van der Waals surface area contributed by atoms with Crippen molar-refractivity contribution in [3.63, 3.8) is 0 Å². The second-order valence-electron chi connectivity index (χ2n) is 12.9. The number of aliphatic hydroxyl groups is 2. The van der Waals surface area contributed by atoms with Gasteiger partial charge in [-0.05, 0) is 12.8 Å². The van der Waals surface area contributed by atoms with E-state index in [1.54, 1.807) is 0 Å². The summed E-state index contributed by atoms with van der Waals surface area (Å²) >= 11 is 0. The molecule has 6 nitrogen and oxygen atoms in total. The third kappa shape index (κ3) is 32.0. The summed E-state index contributed by atoms with van der Waals surface area (Å²) in [7, 11) is 0. The van der Waals surface area contributed by atoms with Gasteiger partial charge in [0.2, 0.25) is 0 Å². The molecular weight excluding hydrogens is 552 g/mol. The van der Waals surface area contributed by atoms with Crippen molar-refractivity contribution in [1.82, 2.24) is 0 Å². The van der Waals surface area contributed by atoms with Gasteiger partial charge in [0.25, 0.3) is 0 Å². The minimum absolute atomic E-state index is 0.0590. The number of aliphatic hydroxyl groups excluding tert-OH is 1. The predicted octanol–water partition coefficient (Wildman–Crippen LogP) is 10.7. The summed E-state index contributed by atoms with van der Waals surface area (Å²) in [6.07, 6.45) is 34.2. The molecule has 0 aromatic rings. The highest BCUT2D eigenvalue weighted by atomic mass is 16.5. The van der Waals surface area contributed by atoms with Crippen LogP contribution in [0.15, 0.2) is 11.6 Å². The van der Waals surface area contributed by atoms with E-state index in [-0.39, 0.29) is 18.6 Å². The molecule has 0 heterocycles. The quantitative estimate of drug-likeness (QED) is 0.0320. The summed E-state index contributed by atoms with van der Waals surface area (Å²) in [6, 6.07) is 0. The Balaban J connectivity index is 3.82. The topological polar surface area (TPSA) is 93.1 Å². The van der Waals surface area contributed by atoms with Crippen LogP contribution in [0.1, 0.15) is 200 Å². The number of hydrogen-bond acceptors (Lipinski definition) is 6. The van der Waals surface area contributed by atoms with Gasteiger partial charge in [0, 0.05) is 18.1 Å². The molecule has 0 aliphatic heterocycles. The number of carbonyl (C=O) groups excluding carboxylic acids is 2. The lowest BCUT2D eigenvalue weighted by Crippen LogP contribution is -2.17. The van der Waals surface area contributed by atoms with Gasteiger partial charge >= 0.3 is 11.9 Å². The van der Waals surface area contributed by atoms with Gasteiger partial charge in [-0.15, -0.1) is 0 Å². The zero-order valence-corrected chi connectivity index (χ0v) is 29.1. The largest absolute Gasteiger partial charge is 0.463 e. The van der Waals surface area contributed by atoms with Crippen LogP contribution in [0.4, 0.5) is 0 Å². The Morgan fingerprint density at radius 1 is 0.477 bits per heavy atom. The Hall–Kier alpha value is -1.40. The summed E-state index contributed by atoms with van der Waals surface area (Å²) in [4.78, 5) is 24.7. The number of ether oxygens (including phenoxy) is 2. The highest BCUT2D eigenvalue weighted by molar-refractivity contribution is 5.96. The van der Waals surface area contributed by atoms with E-state index in [0.29, 0.717) is 6.61 Å². The zero-order chi connectivity index (χ0) is 32.4. The van der Waals surface area contributed by atoms with Crippen LogP contribution in [0.3, 0.4) is 0 Å². The molecule has 260 valence electrons. The van der Waals surface area contributed by atoms with Gasteiger partial charge in [0.1, 0.15) is 0 Å². The normalized spacial score (nSPS) is 11.8. The molecular formula is C38H72O6. The number of carbonyl (C=O) groups is 2. The molecule has 0 saturated heterocycles. The molecule has 0 unspecified atom stereocenters. The first-order chi connectivity index (χ1) is 21.5. The molecule has 44 heavy (non-hydrogen) atoms. The van der Waals surface area contributed by atoms with Crippen molar-refractivity contribution in [1.29, 1.82) is 0 Å². The van der Waals surface area contributed by atoms with Crippen molar-refractivity contribution in [3.05, 3.63) is 11.6 Å². The maximum Gasteiger partial charge on any atom is 0.334 e. The Morgan fingerprint density at radius 2 is 0.773 bits per heavy atom. The second kappa shape index (κ2) is 34.5. The zero-order valence-electron chi connectivity index (χ0n) is 29.1. The molecule has 0 atom stereocenters. The van der Waals surface area contributed by atoms with Crippen molar-refractivity contribution in [3.8, 4) is 0 Å². The van der Waals surface area contributed by atoms with Crippen molar-refractivity contribution >= 4 is 11.9 Å². The standard InChI is InChI=1S/C38H72O6/c1-3-5-7-9-11-13-15-17-19-21-23-25-27-29-31-43-37(41)34-35(33-36(39)40)38(42)44-32-30-28-26-24-22-20-18-16-14-12-10-8-6-4-2/h34,36,39-40H,3-33H2,1-2H3/b35-34-. The average molecular weight is 625 g/mol. The molecule has 0 aromatic carbocycles. The summed E-state index contributed by atoms with van der Waals surface area (Å²) in [6.45, 7) is 5.09. The Kier molecular flexibility index (Phi) is 33.4. The molecule has 2 N–H and O–H groups in total. The maximum atomic E-state index is 12.4. The van der Waals surface area contributed by atoms with Crippen molar-refractivity contribution < 1.29 is 29.3 Å². The van der Waals surface area contributed by atoms with Crippen LogP contribution in [0, 0.1) is 0 Å². The lowest BCUT2D eigenvalue weighted by Gasteiger charge is -2.10. The Bertz CT molecular complexity index is 660. The van der Waals surface area contributed by atoms with E-state index < -0.39 is 18.2 Å². The molecule has 0 amide bonds. The predicted molar refractivity (Wildman–Crippen MR) is 183 cm³/mol. The van der Waals surface area contributed by atoms with Gasteiger partial charge in [-0.1, -0.05) is 181 Å². The molecule has 0 aliphatic rings. The van der Waals surface area contributed by atoms with E-state index in [9.17, 15) is 19.8 Å². The van der Waals surface area contributed by atoms with E-state index in [0.717, 1.165) is 44.6 Å². The van der Waals surface area contributed by atoms with Crippen LogP contribution < -0.4 is 0 Å². The van der Waals surface area contributed by atoms with Crippen LogP contribution in [0.5, 0.6) is 0 Å². The molecule has 6 heteroatoms. The SMILES string of the molecule is CCCCCCCCCCCCCCCCOC(=O)/C=C(/CC(O)O)C(=O)OCCCCCCCCCCCCCCCC. The first kappa shape index (κ1) is 42.6. The number of esters is 2. The van der Waals surface area contributed by atoms with Gasteiger partial charge in [-0.2, -0.15) is 0 Å². The third-order valence-electron chi connectivity index (χ3n) is 8.43. The van der Waals surface area contributed by atoms with Crippen molar-refractivity contribution in [2.24, 2.45) is 0 Å². The Labute approximate surface area is 272 Å². The first-order valence-corrected chi connectivity index (χ1v) is 18.9. The minimum atomic E-state index is -1.73.